The number of aromatic nitrogens is 1. The lowest BCUT2D eigenvalue weighted by molar-refractivity contribution is 0.156. The van der Waals surface area contributed by atoms with Crippen molar-refractivity contribution in [1.29, 1.82) is 0 Å². The van der Waals surface area contributed by atoms with E-state index in [0.717, 1.165) is 5.56 Å². The van der Waals surface area contributed by atoms with Crippen LogP contribution in [0.4, 0.5) is 4.39 Å². The van der Waals surface area contributed by atoms with Gasteiger partial charge in [0.15, 0.2) is 5.76 Å². The molecule has 2 aromatic rings. The number of nitrogens with zero attached hydrogens (tertiary/aromatic N) is 1. The van der Waals surface area contributed by atoms with E-state index in [4.69, 9.17) is 9.26 Å². The summed E-state index contributed by atoms with van der Waals surface area (Å²) in [6.07, 6.45) is 0. The van der Waals surface area contributed by atoms with Crippen LogP contribution < -0.4 is 0 Å². The van der Waals surface area contributed by atoms with Crippen LogP contribution in [0.1, 0.15) is 5.76 Å². The summed E-state index contributed by atoms with van der Waals surface area (Å²) in [5.74, 6) is 0.385. The molecule has 3 nitrogen and oxygen atoms in total. The van der Waals surface area contributed by atoms with Gasteiger partial charge in [-0.1, -0.05) is 5.16 Å². The largest absolute Gasteiger partial charge is 0.377 e. The number of hydrogen-bond donors (Lipinski definition) is 0. The maximum absolute atomic E-state index is 12.7. The summed E-state index contributed by atoms with van der Waals surface area (Å²) in [5, 5.41) is 3.86. The first-order valence-corrected chi connectivity index (χ1v) is 4.50. The monoisotopic (exact) mass is 207 g/mol. The van der Waals surface area contributed by atoms with Crippen LogP contribution in [0, 0.1) is 5.82 Å². The van der Waals surface area contributed by atoms with E-state index in [0.29, 0.717) is 18.1 Å². The van der Waals surface area contributed by atoms with Crippen molar-refractivity contribution in [2.75, 3.05) is 7.11 Å². The molecule has 1 heterocycles. The van der Waals surface area contributed by atoms with E-state index in [9.17, 15) is 4.39 Å². The minimum Gasteiger partial charge on any atom is -0.377 e. The molecule has 78 valence electrons. The highest BCUT2D eigenvalue weighted by Gasteiger charge is 2.05. The lowest BCUT2D eigenvalue weighted by atomic mass is 10.1. The van der Waals surface area contributed by atoms with Crippen molar-refractivity contribution in [2.45, 2.75) is 6.61 Å². The molecule has 0 aliphatic carbocycles. The molecule has 0 bridgehead atoms. The highest BCUT2D eigenvalue weighted by atomic mass is 19.1. The highest BCUT2D eigenvalue weighted by molar-refractivity contribution is 5.58. The number of hydrogen-bond acceptors (Lipinski definition) is 3. The summed E-state index contributed by atoms with van der Waals surface area (Å²) < 4.78 is 22.6. The maximum Gasteiger partial charge on any atom is 0.162 e. The molecule has 1 aromatic heterocycles. The van der Waals surface area contributed by atoms with E-state index < -0.39 is 0 Å². The van der Waals surface area contributed by atoms with Crippen molar-refractivity contribution in [3.8, 4) is 11.3 Å². The van der Waals surface area contributed by atoms with Crippen molar-refractivity contribution in [3.05, 3.63) is 41.9 Å². The molecule has 4 heteroatoms. The first-order valence-electron chi connectivity index (χ1n) is 4.50. The second kappa shape index (κ2) is 4.23. The van der Waals surface area contributed by atoms with Gasteiger partial charge in [-0.3, -0.25) is 0 Å². The van der Waals surface area contributed by atoms with Gasteiger partial charge < -0.3 is 9.26 Å². The van der Waals surface area contributed by atoms with Crippen molar-refractivity contribution >= 4 is 0 Å². The predicted octanol–water partition coefficient (Wildman–Crippen LogP) is 2.63. The van der Waals surface area contributed by atoms with Crippen LogP contribution in [0.2, 0.25) is 0 Å². The molecule has 0 atom stereocenters. The van der Waals surface area contributed by atoms with Crippen LogP contribution in [0.15, 0.2) is 34.9 Å². The molecule has 2 rings (SSSR count). The number of ether oxygens (including phenoxy) is 1. The van der Waals surface area contributed by atoms with Gasteiger partial charge in [-0.15, -0.1) is 0 Å². The minimum absolute atomic E-state index is 0.264. The summed E-state index contributed by atoms with van der Waals surface area (Å²) in [6, 6.07) is 7.87. The fourth-order valence-electron chi connectivity index (χ4n) is 1.28. The van der Waals surface area contributed by atoms with E-state index in [-0.39, 0.29) is 5.82 Å². The third-order valence-electron chi connectivity index (χ3n) is 1.99. The first-order chi connectivity index (χ1) is 7.29. The Kier molecular flexibility index (Phi) is 2.78. The lowest BCUT2D eigenvalue weighted by Gasteiger charge is -1.93. The van der Waals surface area contributed by atoms with Crippen molar-refractivity contribution in [2.24, 2.45) is 0 Å². The molecule has 15 heavy (non-hydrogen) atoms. The molecular weight excluding hydrogens is 197 g/mol. The van der Waals surface area contributed by atoms with E-state index in [1.807, 2.05) is 0 Å². The summed E-state index contributed by atoms with van der Waals surface area (Å²) >= 11 is 0. The molecule has 0 saturated heterocycles. The standard InChI is InChI=1S/C11H10FNO2/c1-14-7-10-6-11(13-15-10)8-2-4-9(12)5-3-8/h2-6H,7H2,1H3. The Balaban J connectivity index is 2.25. The fraction of sp³-hybridized carbons (Fsp3) is 0.182. The van der Waals surface area contributed by atoms with Gasteiger partial charge in [-0.25, -0.2) is 4.39 Å². The van der Waals surface area contributed by atoms with Gasteiger partial charge in [0.05, 0.1) is 0 Å². The van der Waals surface area contributed by atoms with Crippen LogP contribution in [0.25, 0.3) is 11.3 Å². The SMILES string of the molecule is COCc1cc(-c2ccc(F)cc2)no1. The number of halogens is 1. The summed E-state index contributed by atoms with van der Waals surface area (Å²) in [5.41, 5.74) is 1.50. The maximum atomic E-state index is 12.7. The van der Waals surface area contributed by atoms with Gasteiger partial charge in [0.2, 0.25) is 0 Å². The third kappa shape index (κ3) is 2.22. The van der Waals surface area contributed by atoms with Crippen LogP contribution in [-0.4, -0.2) is 12.3 Å². The average Bonchev–Trinajstić information content (AvgIpc) is 2.68. The Bertz CT molecular complexity index is 436. The van der Waals surface area contributed by atoms with Gasteiger partial charge in [0.25, 0.3) is 0 Å². The van der Waals surface area contributed by atoms with Crippen LogP contribution in [-0.2, 0) is 11.3 Å². The summed E-state index contributed by atoms with van der Waals surface area (Å²) in [4.78, 5) is 0. The van der Waals surface area contributed by atoms with Crippen LogP contribution in [0.5, 0.6) is 0 Å². The van der Waals surface area contributed by atoms with Gasteiger partial charge in [0, 0.05) is 18.7 Å². The Morgan fingerprint density at radius 1 is 1.33 bits per heavy atom. The molecule has 0 saturated carbocycles. The van der Waals surface area contributed by atoms with Gasteiger partial charge in [-0.05, 0) is 24.3 Å². The Labute approximate surface area is 86.5 Å². The zero-order valence-corrected chi connectivity index (χ0v) is 8.24. The minimum atomic E-state index is -0.264. The average molecular weight is 207 g/mol. The summed E-state index contributed by atoms with van der Waals surface area (Å²) in [6.45, 7) is 0.383. The second-order valence-corrected chi connectivity index (χ2v) is 3.12. The second-order valence-electron chi connectivity index (χ2n) is 3.12. The predicted molar refractivity (Wildman–Crippen MR) is 52.6 cm³/mol. The van der Waals surface area contributed by atoms with Crippen LogP contribution in [0.3, 0.4) is 0 Å². The number of methoxy groups -OCH3 is 1. The van der Waals surface area contributed by atoms with E-state index in [2.05, 4.69) is 5.16 Å². The number of benzene rings is 1. The summed E-state index contributed by atoms with van der Waals surface area (Å²) in [7, 11) is 1.58. The van der Waals surface area contributed by atoms with E-state index in [1.165, 1.54) is 12.1 Å². The lowest BCUT2D eigenvalue weighted by Crippen LogP contribution is -1.82. The van der Waals surface area contributed by atoms with Crippen LogP contribution >= 0.6 is 0 Å². The molecule has 0 aliphatic heterocycles. The molecule has 0 N–H and O–H groups in total. The molecule has 0 aliphatic rings. The van der Waals surface area contributed by atoms with Crippen molar-refractivity contribution in [3.63, 3.8) is 0 Å². The zero-order chi connectivity index (χ0) is 10.7. The normalized spacial score (nSPS) is 10.5. The van der Waals surface area contributed by atoms with Gasteiger partial charge >= 0.3 is 0 Å². The molecule has 0 fully saturated rings. The third-order valence-corrected chi connectivity index (χ3v) is 1.99. The molecule has 1 aromatic carbocycles. The first kappa shape index (κ1) is 9.86. The Morgan fingerprint density at radius 3 is 2.73 bits per heavy atom. The molecule has 0 radical (unpaired) electrons. The molecule has 0 spiro atoms. The highest BCUT2D eigenvalue weighted by Crippen LogP contribution is 2.19. The smallest absolute Gasteiger partial charge is 0.162 e. The Morgan fingerprint density at radius 2 is 2.07 bits per heavy atom. The fourth-order valence-corrected chi connectivity index (χ4v) is 1.28. The van der Waals surface area contributed by atoms with E-state index >= 15 is 0 Å². The Hall–Kier alpha value is -1.68. The topological polar surface area (TPSA) is 35.3 Å². The van der Waals surface area contributed by atoms with Gasteiger partial charge in [0.1, 0.15) is 18.1 Å². The molecule has 0 unspecified atom stereocenters. The van der Waals surface area contributed by atoms with Gasteiger partial charge in [-0.2, -0.15) is 0 Å². The van der Waals surface area contributed by atoms with E-state index in [1.54, 1.807) is 25.3 Å². The zero-order valence-electron chi connectivity index (χ0n) is 8.24. The number of rotatable bonds is 3. The molecule has 0 amide bonds. The van der Waals surface area contributed by atoms with Crippen molar-refractivity contribution < 1.29 is 13.7 Å². The quantitative estimate of drug-likeness (QED) is 0.776. The van der Waals surface area contributed by atoms with Crippen molar-refractivity contribution in [1.82, 2.24) is 5.16 Å². The molecular formula is C11H10FNO2.